The van der Waals surface area contributed by atoms with Crippen molar-refractivity contribution < 1.29 is 23.9 Å². The molecule has 0 fully saturated rings. The third-order valence-electron chi connectivity index (χ3n) is 4.51. The van der Waals surface area contributed by atoms with E-state index in [1.807, 2.05) is 0 Å². The fourth-order valence-electron chi connectivity index (χ4n) is 2.91. The molecule has 32 heavy (non-hydrogen) atoms. The van der Waals surface area contributed by atoms with Crippen molar-refractivity contribution in [2.24, 2.45) is 0 Å². The van der Waals surface area contributed by atoms with Crippen LogP contribution in [0.2, 0.25) is 0 Å². The van der Waals surface area contributed by atoms with Gasteiger partial charge in [0, 0.05) is 6.54 Å². The number of hydrogen-bond donors (Lipinski definition) is 2. The van der Waals surface area contributed by atoms with Gasteiger partial charge in [-0.25, -0.2) is 9.59 Å². The van der Waals surface area contributed by atoms with Gasteiger partial charge in [-0.2, -0.15) is 0 Å². The van der Waals surface area contributed by atoms with Gasteiger partial charge in [0.05, 0.1) is 17.7 Å². The molecule has 3 rings (SSSR count). The van der Waals surface area contributed by atoms with Crippen molar-refractivity contribution in [2.75, 3.05) is 20.1 Å². The zero-order valence-electron chi connectivity index (χ0n) is 17.7. The summed E-state index contributed by atoms with van der Waals surface area (Å²) in [7, 11) is 1.70. The topological polar surface area (TPSA) is 93.7 Å². The maximum atomic E-state index is 12.6. The quantitative estimate of drug-likeness (QED) is 0.399. The molecule has 0 aliphatic heterocycles. The van der Waals surface area contributed by atoms with Crippen molar-refractivity contribution in [1.82, 2.24) is 10.6 Å². The molecule has 0 saturated carbocycles. The van der Waals surface area contributed by atoms with E-state index in [-0.39, 0.29) is 24.0 Å². The Morgan fingerprint density at radius 2 is 1.31 bits per heavy atom. The lowest BCUT2D eigenvalue weighted by Gasteiger charge is -2.13. The number of carbonyl (C=O) groups excluding carboxylic acids is 3. The standard InChI is InChI=1S/C25H24N2O5/c1-26-17-23(28)27-15-14-18-12-13-21(31-24(29)19-8-4-2-5-9-19)22(16-18)32-25(30)20-10-6-3-7-11-20/h2-13,16,26H,14-15,17H2,1H3,(H,27,28). The Labute approximate surface area is 186 Å². The van der Waals surface area contributed by atoms with Gasteiger partial charge in [0.25, 0.3) is 0 Å². The van der Waals surface area contributed by atoms with E-state index in [0.29, 0.717) is 24.1 Å². The first-order chi connectivity index (χ1) is 15.6. The van der Waals surface area contributed by atoms with Gasteiger partial charge < -0.3 is 20.1 Å². The first-order valence-corrected chi connectivity index (χ1v) is 10.2. The summed E-state index contributed by atoms with van der Waals surface area (Å²) in [5.74, 6) is -0.985. The molecule has 0 aliphatic carbocycles. The monoisotopic (exact) mass is 432 g/mol. The maximum Gasteiger partial charge on any atom is 0.343 e. The first kappa shape index (κ1) is 22.7. The average molecular weight is 432 g/mol. The zero-order chi connectivity index (χ0) is 22.8. The molecule has 0 bridgehead atoms. The van der Waals surface area contributed by atoms with Gasteiger partial charge in [-0.3, -0.25) is 4.79 Å². The van der Waals surface area contributed by atoms with Gasteiger partial charge >= 0.3 is 11.9 Å². The lowest BCUT2D eigenvalue weighted by molar-refractivity contribution is -0.120. The second-order valence-corrected chi connectivity index (χ2v) is 6.92. The smallest absolute Gasteiger partial charge is 0.343 e. The average Bonchev–Trinajstić information content (AvgIpc) is 2.82. The van der Waals surface area contributed by atoms with E-state index in [9.17, 15) is 14.4 Å². The molecule has 0 heterocycles. The van der Waals surface area contributed by atoms with Crippen LogP contribution in [0.5, 0.6) is 11.5 Å². The highest BCUT2D eigenvalue weighted by molar-refractivity contribution is 5.93. The highest BCUT2D eigenvalue weighted by atomic mass is 16.6. The number of likely N-dealkylation sites (N-methyl/N-ethyl adjacent to an activating group) is 1. The van der Waals surface area contributed by atoms with Crippen LogP contribution < -0.4 is 20.1 Å². The van der Waals surface area contributed by atoms with Crippen LogP contribution in [0.15, 0.2) is 78.9 Å². The van der Waals surface area contributed by atoms with E-state index >= 15 is 0 Å². The van der Waals surface area contributed by atoms with Crippen LogP contribution in [-0.2, 0) is 11.2 Å². The molecule has 0 spiro atoms. The van der Waals surface area contributed by atoms with Gasteiger partial charge in [-0.1, -0.05) is 42.5 Å². The van der Waals surface area contributed by atoms with Crippen molar-refractivity contribution in [1.29, 1.82) is 0 Å². The summed E-state index contributed by atoms with van der Waals surface area (Å²) in [4.78, 5) is 36.7. The van der Waals surface area contributed by atoms with Crippen LogP contribution in [0, 0.1) is 0 Å². The van der Waals surface area contributed by atoms with Crippen LogP contribution in [-0.4, -0.2) is 38.0 Å². The largest absolute Gasteiger partial charge is 0.419 e. The number of carbonyl (C=O) groups is 3. The Morgan fingerprint density at radius 1 is 0.750 bits per heavy atom. The molecule has 3 aromatic carbocycles. The van der Waals surface area contributed by atoms with E-state index in [4.69, 9.17) is 9.47 Å². The minimum atomic E-state index is -0.568. The molecule has 0 aliphatic rings. The molecule has 164 valence electrons. The second kappa shape index (κ2) is 11.4. The zero-order valence-corrected chi connectivity index (χ0v) is 17.7. The lowest BCUT2D eigenvalue weighted by Crippen LogP contribution is -2.33. The molecular formula is C25H24N2O5. The van der Waals surface area contributed by atoms with E-state index < -0.39 is 11.9 Å². The summed E-state index contributed by atoms with van der Waals surface area (Å²) in [6, 6.07) is 22.1. The Bertz CT molecular complexity index is 1070. The Hall–Kier alpha value is -3.97. The highest BCUT2D eigenvalue weighted by Gasteiger charge is 2.17. The number of amides is 1. The minimum absolute atomic E-state index is 0.114. The van der Waals surface area contributed by atoms with Crippen molar-refractivity contribution in [3.63, 3.8) is 0 Å². The summed E-state index contributed by atoms with van der Waals surface area (Å²) < 4.78 is 11.1. The summed E-state index contributed by atoms with van der Waals surface area (Å²) in [6.07, 6.45) is 0.512. The van der Waals surface area contributed by atoms with Crippen LogP contribution in [0.1, 0.15) is 26.3 Å². The van der Waals surface area contributed by atoms with Crippen molar-refractivity contribution in [2.45, 2.75) is 6.42 Å². The Morgan fingerprint density at radius 3 is 1.88 bits per heavy atom. The number of rotatable bonds is 9. The van der Waals surface area contributed by atoms with Gasteiger partial charge in [-0.15, -0.1) is 0 Å². The van der Waals surface area contributed by atoms with Crippen LogP contribution in [0.3, 0.4) is 0 Å². The number of nitrogens with one attached hydrogen (secondary N) is 2. The van der Waals surface area contributed by atoms with E-state index in [0.717, 1.165) is 5.56 Å². The Balaban J connectivity index is 1.78. The van der Waals surface area contributed by atoms with Crippen molar-refractivity contribution >= 4 is 17.8 Å². The molecule has 0 aromatic heterocycles. The fraction of sp³-hybridized carbons (Fsp3) is 0.160. The van der Waals surface area contributed by atoms with Crippen LogP contribution in [0.25, 0.3) is 0 Å². The Kier molecular flexibility index (Phi) is 8.11. The fourth-order valence-corrected chi connectivity index (χ4v) is 2.91. The molecule has 0 atom stereocenters. The molecular weight excluding hydrogens is 408 g/mol. The predicted octanol–water partition coefficient (Wildman–Crippen LogP) is 3.00. The van der Waals surface area contributed by atoms with E-state index in [1.165, 1.54) is 0 Å². The lowest BCUT2D eigenvalue weighted by atomic mass is 10.1. The molecule has 0 unspecified atom stereocenters. The normalized spacial score (nSPS) is 10.3. The minimum Gasteiger partial charge on any atom is -0.419 e. The number of esters is 2. The van der Waals surface area contributed by atoms with E-state index in [2.05, 4.69) is 10.6 Å². The molecule has 0 saturated heterocycles. The third-order valence-corrected chi connectivity index (χ3v) is 4.51. The number of benzene rings is 3. The van der Waals surface area contributed by atoms with Gasteiger partial charge in [0.2, 0.25) is 5.91 Å². The predicted molar refractivity (Wildman–Crippen MR) is 120 cm³/mol. The SMILES string of the molecule is CNCC(=O)NCCc1ccc(OC(=O)c2ccccc2)c(OC(=O)c2ccccc2)c1. The molecule has 2 N–H and O–H groups in total. The molecule has 7 nitrogen and oxygen atoms in total. The number of ether oxygens (including phenoxy) is 2. The summed E-state index contributed by atoms with van der Waals surface area (Å²) in [5, 5.41) is 5.58. The van der Waals surface area contributed by atoms with E-state index in [1.54, 1.807) is 85.9 Å². The summed E-state index contributed by atoms with van der Waals surface area (Å²) in [6.45, 7) is 0.643. The third kappa shape index (κ3) is 6.52. The second-order valence-electron chi connectivity index (χ2n) is 6.92. The summed E-state index contributed by atoms with van der Waals surface area (Å²) in [5.41, 5.74) is 1.56. The van der Waals surface area contributed by atoms with Gasteiger partial charge in [0.1, 0.15) is 0 Å². The van der Waals surface area contributed by atoms with Crippen molar-refractivity contribution in [3.05, 3.63) is 95.6 Å². The van der Waals surface area contributed by atoms with Crippen molar-refractivity contribution in [3.8, 4) is 11.5 Å². The van der Waals surface area contributed by atoms with Gasteiger partial charge in [0.15, 0.2) is 11.5 Å². The molecule has 0 radical (unpaired) electrons. The molecule has 7 heteroatoms. The first-order valence-electron chi connectivity index (χ1n) is 10.2. The van der Waals surface area contributed by atoms with Crippen LogP contribution in [0.4, 0.5) is 0 Å². The summed E-state index contributed by atoms with van der Waals surface area (Å²) >= 11 is 0. The highest BCUT2D eigenvalue weighted by Crippen LogP contribution is 2.30. The number of hydrogen-bond acceptors (Lipinski definition) is 6. The molecule has 1 amide bonds. The molecule has 3 aromatic rings. The van der Waals surface area contributed by atoms with Crippen LogP contribution >= 0.6 is 0 Å². The maximum absolute atomic E-state index is 12.6. The van der Waals surface area contributed by atoms with Gasteiger partial charge in [-0.05, 0) is 55.4 Å².